The Morgan fingerprint density at radius 3 is 2.34 bits per heavy atom. The van der Waals surface area contributed by atoms with Crippen LogP contribution in [0.3, 0.4) is 0 Å². The molecule has 0 aromatic heterocycles. The van der Waals surface area contributed by atoms with Gasteiger partial charge in [0.05, 0.1) is 19.1 Å². The second-order valence-corrected chi connectivity index (χ2v) is 9.73. The summed E-state index contributed by atoms with van der Waals surface area (Å²) in [5.74, 6) is -1.03. The van der Waals surface area contributed by atoms with E-state index in [2.05, 4.69) is 29.6 Å². The van der Waals surface area contributed by atoms with Gasteiger partial charge in [-0.25, -0.2) is 4.79 Å². The van der Waals surface area contributed by atoms with Crippen molar-refractivity contribution in [2.45, 2.75) is 38.7 Å². The third-order valence-electron chi connectivity index (χ3n) is 6.77. The highest BCUT2D eigenvalue weighted by molar-refractivity contribution is 5.82. The lowest BCUT2D eigenvalue weighted by molar-refractivity contribution is -0.153. The summed E-state index contributed by atoms with van der Waals surface area (Å²) in [6.45, 7) is 5.19. The highest BCUT2D eigenvalue weighted by Crippen LogP contribution is 2.44. The molecule has 2 amide bonds. The van der Waals surface area contributed by atoms with Gasteiger partial charge in [-0.2, -0.15) is 0 Å². The predicted octanol–water partition coefficient (Wildman–Crippen LogP) is 3.64. The average molecular weight is 481 g/mol. The first-order valence-corrected chi connectivity index (χ1v) is 12.0. The molecule has 2 N–H and O–H groups in total. The molecule has 0 spiro atoms. The molecule has 1 atom stereocenters. The van der Waals surface area contributed by atoms with Crippen LogP contribution in [-0.4, -0.2) is 66.9 Å². The molecular weight excluding hydrogens is 448 g/mol. The van der Waals surface area contributed by atoms with Gasteiger partial charge in [0.2, 0.25) is 5.91 Å². The lowest BCUT2D eigenvalue weighted by Gasteiger charge is -2.37. The number of fused-ring (bicyclic) bond motifs is 3. The highest BCUT2D eigenvalue weighted by Gasteiger charge is 2.35. The molecule has 1 aliphatic heterocycles. The maximum Gasteiger partial charge on any atom is 0.407 e. The Hall–Kier alpha value is -3.39. The molecule has 0 saturated carbocycles. The Morgan fingerprint density at radius 1 is 1.09 bits per heavy atom. The Balaban J connectivity index is 1.26. The maximum atomic E-state index is 13.0. The van der Waals surface area contributed by atoms with Gasteiger partial charge in [-0.05, 0) is 28.7 Å². The lowest BCUT2D eigenvalue weighted by Crippen LogP contribution is -2.51. The second kappa shape index (κ2) is 10.5. The Morgan fingerprint density at radius 2 is 1.71 bits per heavy atom. The minimum atomic E-state index is -0.948. The van der Waals surface area contributed by atoms with E-state index in [9.17, 15) is 14.4 Å². The summed E-state index contributed by atoms with van der Waals surface area (Å²) in [4.78, 5) is 38.1. The summed E-state index contributed by atoms with van der Waals surface area (Å²) in [6, 6.07) is 16.3. The number of aliphatic carboxylic acids is 1. The molecule has 2 aromatic rings. The minimum Gasteiger partial charge on any atom is -0.481 e. The van der Waals surface area contributed by atoms with Crippen LogP contribution in [0, 0.1) is 5.41 Å². The zero-order valence-corrected chi connectivity index (χ0v) is 20.2. The Kier molecular flexibility index (Phi) is 7.40. The highest BCUT2D eigenvalue weighted by atomic mass is 16.5. The van der Waals surface area contributed by atoms with Crippen LogP contribution in [0.15, 0.2) is 48.5 Å². The molecule has 4 rings (SSSR count). The molecule has 1 aliphatic carbocycles. The van der Waals surface area contributed by atoms with Gasteiger partial charge in [0.1, 0.15) is 6.61 Å². The molecule has 8 heteroatoms. The predicted molar refractivity (Wildman–Crippen MR) is 130 cm³/mol. The molecule has 35 heavy (non-hydrogen) atoms. The van der Waals surface area contributed by atoms with Crippen LogP contribution < -0.4 is 5.32 Å². The van der Waals surface area contributed by atoms with Crippen LogP contribution in [0.2, 0.25) is 0 Å². The Bertz CT molecular complexity index is 1050. The lowest BCUT2D eigenvalue weighted by atomic mass is 9.87. The molecule has 8 nitrogen and oxygen atoms in total. The SMILES string of the molecule is CC(C)(CCNC(=O)OCC1c2ccccc2-c2ccccc21)C(=O)N1CCOC(CC(=O)O)C1. The van der Waals surface area contributed by atoms with Crippen molar-refractivity contribution in [1.29, 1.82) is 0 Å². The zero-order valence-electron chi connectivity index (χ0n) is 20.2. The van der Waals surface area contributed by atoms with Crippen molar-refractivity contribution in [3.63, 3.8) is 0 Å². The molecule has 2 aromatic carbocycles. The van der Waals surface area contributed by atoms with Crippen LogP contribution in [0.5, 0.6) is 0 Å². The largest absolute Gasteiger partial charge is 0.481 e. The van der Waals surface area contributed by atoms with E-state index < -0.39 is 23.6 Å². The topological polar surface area (TPSA) is 105 Å². The first-order chi connectivity index (χ1) is 16.8. The van der Waals surface area contributed by atoms with Crippen LogP contribution in [-0.2, 0) is 19.1 Å². The molecule has 0 bridgehead atoms. The molecule has 1 unspecified atom stereocenters. The number of nitrogens with zero attached hydrogens (tertiary/aromatic N) is 1. The van der Waals surface area contributed by atoms with E-state index >= 15 is 0 Å². The molecular formula is C27H32N2O6. The van der Waals surface area contributed by atoms with E-state index in [1.165, 1.54) is 11.1 Å². The summed E-state index contributed by atoms with van der Waals surface area (Å²) < 4.78 is 11.0. The minimum absolute atomic E-state index is 0.00811. The number of carboxylic acid groups (broad SMARTS) is 1. The standard InChI is InChI=1S/C27H32N2O6/c1-27(2,25(32)29-13-14-34-18(16-29)15-24(30)31)11-12-28-26(33)35-17-23-21-9-5-3-7-19(21)20-8-4-6-10-22(20)23/h3-10,18,23H,11-17H2,1-2H3,(H,28,33)(H,30,31). The molecule has 1 heterocycles. The number of alkyl carbamates (subject to hydrolysis) is 1. The number of hydrogen-bond donors (Lipinski definition) is 2. The van der Waals surface area contributed by atoms with Crippen LogP contribution in [0.25, 0.3) is 11.1 Å². The van der Waals surface area contributed by atoms with E-state index in [-0.39, 0.29) is 37.9 Å². The molecule has 2 aliphatic rings. The van der Waals surface area contributed by atoms with Crippen molar-refractivity contribution in [1.82, 2.24) is 10.2 Å². The van der Waals surface area contributed by atoms with Crippen molar-refractivity contribution < 1.29 is 29.0 Å². The third-order valence-corrected chi connectivity index (χ3v) is 6.77. The third kappa shape index (κ3) is 5.65. The quantitative estimate of drug-likeness (QED) is 0.598. The van der Waals surface area contributed by atoms with Crippen molar-refractivity contribution >= 4 is 18.0 Å². The maximum absolute atomic E-state index is 13.0. The van der Waals surface area contributed by atoms with Gasteiger partial charge < -0.3 is 24.8 Å². The van der Waals surface area contributed by atoms with Gasteiger partial charge in [0.25, 0.3) is 0 Å². The zero-order chi connectivity index (χ0) is 25.0. The smallest absolute Gasteiger partial charge is 0.407 e. The van der Waals surface area contributed by atoms with Crippen LogP contribution in [0.4, 0.5) is 4.79 Å². The number of carboxylic acids is 1. The summed E-state index contributed by atoms with van der Waals surface area (Å²) in [5, 5.41) is 11.8. The fraction of sp³-hybridized carbons (Fsp3) is 0.444. The summed E-state index contributed by atoms with van der Waals surface area (Å²) in [7, 11) is 0. The number of nitrogens with one attached hydrogen (secondary N) is 1. The second-order valence-electron chi connectivity index (χ2n) is 9.73. The fourth-order valence-electron chi connectivity index (χ4n) is 4.88. The normalized spacial score (nSPS) is 17.4. The van der Waals surface area contributed by atoms with Gasteiger partial charge in [-0.3, -0.25) is 9.59 Å². The number of hydrogen-bond acceptors (Lipinski definition) is 5. The van der Waals surface area contributed by atoms with E-state index in [4.69, 9.17) is 14.6 Å². The van der Waals surface area contributed by atoms with Crippen LogP contribution >= 0.6 is 0 Å². The van der Waals surface area contributed by atoms with Crippen molar-refractivity contribution in [3.05, 3.63) is 59.7 Å². The van der Waals surface area contributed by atoms with Gasteiger partial charge >= 0.3 is 12.1 Å². The van der Waals surface area contributed by atoms with Crippen molar-refractivity contribution in [2.24, 2.45) is 5.41 Å². The number of morpholine rings is 1. The summed E-state index contributed by atoms with van der Waals surface area (Å²) >= 11 is 0. The monoisotopic (exact) mass is 480 g/mol. The molecule has 0 radical (unpaired) electrons. The average Bonchev–Trinajstić information content (AvgIpc) is 3.15. The Labute approximate surface area is 205 Å². The number of rotatable bonds is 8. The molecule has 1 saturated heterocycles. The molecule has 186 valence electrons. The summed E-state index contributed by atoms with van der Waals surface area (Å²) in [5.41, 5.74) is 3.93. The van der Waals surface area contributed by atoms with E-state index in [1.807, 2.05) is 38.1 Å². The van der Waals surface area contributed by atoms with Crippen LogP contribution in [0.1, 0.15) is 43.7 Å². The molecule has 1 fully saturated rings. The van der Waals surface area contributed by atoms with Gasteiger partial charge in [-0.15, -0.1) is 0 Å². The van der Waals surface area contributed by atoms with E-state index in [0.29, 0.717) is 19.6 Å². The van der Waals surface area contributed by atoms with E-state index in [0.717, 1.165) is 11.1 Å². The summed E-state index contributed by atoms with van der Waals surface area (Å²) in [6.07, 6.45) is -0.715. The van der Waals surface area contributed by atoms with Gasteiger partial charge in [-0.1, -0.05) is 62.4 Å². The van der Waals surface area contributed by atoms with Gasteiger partial charge in [0.15, 0.2) is 0 Å². The fourth-order valence-corrected chi connectivity index (χ4v) is 4.88. The van der Waals surface area contributed by atoms with Crippen molar-refractivity contribution in [2.75, 3.05) is 32.8 Å². The van der Waals surface area contributed by atoms with Crippen molar-refractivity contribution in [3.8, 4) is 11.1 Å². The number of ether oxygens (including phenoxy) is 2. The van der Waals surface area contributed by atoms with E-state index in [1.54, 1.807) is 4.90 Å². The van der Waals surface area contributed by atoms with Gasteiger partial charge in [0, 0.05) is 31.0 Å². The number of carbonyl (C=O) groups is 3. The number of amides is 2. The first kappa shape index (κ1) is 24.7. The number of benzene rings is 2. The first-order valence-electron chi connectivity index (χ1n) is 12.0. The number of carbonyl (C=O) groups excluding carboxylic acids is 2.